The molecule has 1 N–H and O–H groups in total. The molecule has 0 spiro atoms. The largest absolute Gasteiger partial charge is 0.480 e. The molecule has 1 saturated heterocycles. The molecule has 0 radical (unpaired) electrons. The Balaban J connectivity index is 2.18. The van der Waals surface area contributed by atoms with Crippen molar-refractivity contribution in [1.82, 2.24) is 4.90 Å². The Labute approximate surface area is 76.5 Å². The van der Waals surface area contributed by atoms with Gasteiger partial charge in [-0.15, -0.1) is 0 Å². The minimum absolute atomic E-state index is 0.0254. The van der Waals surface area contributed by atoms with Gasteiger partial charge in [0.2, 0.25) is 5.91 Å². The number of rotatable bonds is 2. The molecule has 4 heteroatoms. The molecule has 1 heterocycles. The van der Waals surface area contributed by atoms with Crippen molar-refractivity contribution >= 4 is 11.9 Å². The molecule has 2 fully saturated rings. The number of aliphatic carboxylic acids is 1. The fourth-order valence-electron chi connectivity index (χ4n) is 1.90. The van der Waals surface area contributed by atoms with Crippen molar-refractivity contribution in [2.24, 2.45) is 11.8 Å². The average molecular weight is 183 g/mol. The fraction of sp³-hybridized carbons (Fsp3) is 0.778. The number of nitrogens with zero attached hydrogens (tertiary/aromatic N) is 1. The number of carbonyl (C=O) groups is 2. The van der Waals surface area contributed by atoms with E-state index in [-0.39, 0.29) is 11.8 Å². The highest BCUT2D eigenvalue weighted by Gasteiger charge is 2.56. The van der Waals surface area contributed by atoms with Gasteiger partial charge in [-0.05, 0) is 26.2 Å². The summed E-state index contributed by atoms with van der Waals surface area (Å²) in [5.74, 6) is -0.329. The second-order valence-electron chi connectivity index (χ2n) is 4.42. The quantitative estimate of drug-likeness (QED) is 0.671. The SMILES string of the molecule is CC(C)(C(=O)O)N1CC2CC2C1=O. The number of hydrogen-bond donors (Lipinski definition) is 1. The maximum atomic E-state index is 11.6. The van der Waals surface area contributed by atoms with Gasteiger partial charge < -0.3 is 10.0 Å². The maximum Gasteiger partial charge on any atom is 0.329 e. The van der Waals surface area contributed by atoms with E-state index in [4.69, 9.17) is 5.11 Å². The third-order valence-electron chi connectivity index (χ3n) is 3.12. The highest BCUT2D eigenvalue weighted by Crippen LogP contribution is 2.47. The zero-order valence-electron chi connectivity index (χ0n) is 7.78. The number of hydrogen-bond acceptors (Lipinski definition) is 2. The molecule has 4 nitrogen and oxygen atoms in total. The summed E-state index contributed by atoms with van der Waals surface area (Å²) in [5.41, 5.74) is -1.04. The van der Waals surface area contributed by atoms with E-state index in [1.165, 1.54) is 4.90 Å². The standard InChI is InChI=1S/C9H13NO3/c1-9(2,8(12)13)10-4-5-3-6(5)7(10)11/h5-6H,3-4H2,1-2H3,(H,12,13). The van der Waals surface area contributed by atoms with Crippen LogP contribution in [0.15, 0.2) is 0 Å². The van der Waals surface area contributed by atoms with Crippen LogP contribution in [-0.2, 0) is 9.59 Å². The number of carbonyl (C=O) groups excluding carboxylic acids is 1. The molecular weight excluding hydrogens is 170 g/mol. The molecule has 0 aromatic rings. The molecule has 1 amide bonds. The van der Waals surface area contributed by atoms with Crippen LogP contribution in [0.4, 0.5) is 0 Å². The van der Waals surface area contributed by atoms with Crippen molar-refractivity contribution < 1.29 is 14.7 Å². The molecule has 1 aliphatic carbocycles. The minimum Gasteiger partial charge on any atom is -0.480 e. The van der Waals surface area contributed by atoms with Crippen LogP contribution in [0, 0.1) is 11.8 Å². The van der Waals surface area contributed by atoms with Gasteiger partial charge >= 0.3 is 5.97 Å². The molecule has 1 aliphatic heterocycles. The van der Waals surface area contributed by atoms with Gasteiger partial charge in [-0.2, -0.15) is 0 Å². The van der Waals surface area contributed by atoms with Crippen molar-refractivity contribution in [2.45, 2.75) is 25.8 Å². The van der Waals surface area contributed by atoms with Gasteiger partial charge in [-0.3, -0.25) is 4.79 Å². The summed E-state index contributed by atoms with van der Waals surface area (Å²) >= 11 is 0. The molecule has 72 valence electrons. The molecule has 0 aromatic carbocycles. The Morgan fingerprint density at radius 1 is 1.62 bits per heavy atom. The highest BCUT2D eigenvalue weighted by molar-refractivity contribution is 5.91. The lowest BCUT2D eigenvalue weighted by atomic mass is 10.0. The molecule has 0 aromatic heterocycles. The molecule has 2 unspecified atom stereocenters. The average Bonchev–Trinajstić information content (AvgIpc) is 2.71. The Hall–Kier alpha value is -1.06. The van der Waals surface area contributed by atoms with Crippen molar-refractivity contribution in [2.75, 3.05) is 6.54 Å². The van der Waals surface area contributed by atoms with Gasteiger partial charge in [0.1, 0.15) is 5.54 Å². The molecule has 2 rings (SSSR count). The summed E-state index contributed by atoms with van der Waals surface area (Å²) in [4.78, 5) is 23.9. The number of carboxylic acids is 1. The maximum absolute atomic E-state index is 11.6. The van der Waals surface area contributed by atoms with Gasteiger partial charge in [0.05, 0.1) is 0 Å². The first-order chi connectivity index (χ1) is 5.94. The molecule has 2 aliphatic rings. The second kappa shape index (κ2) is 2.25. The summed E-state index contributed by atoms with van der Waals surface area (Å²) in [6.07, 6.45) is 0.963. The normalized spacial score (nSPS) is 31.8. The smallest absolute Gasteiger partial charge is 0.329 e. The van der Waals surface area contributed by atoms with Crippen molar-refractivity contribution in [3.8, 4) is 0 Å². The fourth-order valence-corrected chi connectivity index (χ4v) is 1.90. The third kappa shape index (κ3) is 1.04. The summed E-state index contributed by atoms with van der Waals surface area (Å²) in [6.45, 7) is 3.79. The number of carboxylic acid groups (broad SMARTS) is 1. The van der Waals surface area contributed by atoms with Crippen LogP contribution in [0.2, 0.25) is 0 Å². The first-order valence-corrected chi connectivity index (χ1v) is 4.49. The minimum atomic E-state index is -1.04. The zero-order chi connectivity index (χ0) is 9.80. The van der Waals surface area contributed by atoms with Gasteiger partial charge in [0, 0.05) is 12.5 Å². The van der Waals surface area contributed by atoms with Crippen molar-refractivity contribution in [3.05, 3.63) is 0 Å². The van der Waals surface area contributed by atoms with Gasteiger partial charge in [-0.1, -0.05) is 0 Å². The lowest BCUT2D eigenvalue weighted by Gasteiger charge is -2.32. The predicted octanol–water partition coefficient (Wildman–Crippen LogP) is 0.328. The third-order valence-corrected chi connectivity index (χ3v) is 3.12. The van der Waals surface area contributed by atoms with E-state index in [1.807, 2.05) is 0 Å². The summed E-state index contributed by atoms with van der Waals surface area (Å²) < 4.78 is 0. The van der Waals surface area contributed by atoms with E-state index in [1.54, 1.807) is 13.8 Å². The Morgan fingerprint density at radius 2 is 2.23 bits per heavy atom. The highest BCUT2D eigenvalue weighted by atomic mass is 16.4. The van der Waals surface area contributed by atoms with Crippen LogP contribution in [0.3, 0.4) is 0 Å². The summed E-state index contributed by atoms with van der Waals surface area (Å²) in [5, 5.41) is 8.93. The molecule has 0 bridgehead atoms. The van der Waals surface area contributed by atoms with E-state index >= 15 is 0 Å². The number of piperidine rings is 1. The summed E-state index contributed by atoms with van der Waals surface area (Å²) in [7, 11) is 0. The van der Waals surface area contributed by atoms with Crippen LogP contribution in [0.1, 0.15) is 20.3 Å². The van der Waals surface area contributed by atoms with Crippen LogP contribution < -0.4 is 0 Å². The van der Waals surface area contributed by atoms with Crippen LogP contribution in [-0.4, -0.2) is 34.0 Å². The Bertz CT molecular complexity index is 285. The van der Waals surface area contributed by atoms with E-state index in [9.17, 15) is 9.59 Å². The molecule has 1 saturated carbocycles. The van der Waals surface area contributed by atoms with Gasteiger partial charge in [0.15, 0.2) is 0 Å². The summed E-state index contributed by atoms with van der Waals surface area (Å²) in [6, 6.07) is 0. The molecule has 13 heavy (non-hydrogen) atoms. The monoisotopic (exact) mass is 183 g/mol. The number of likely N-dealkylation sites (tertiary alicyclic amines) is 1. The topological polar surface area (TPSA) is 57.6 Å². The second-order valence-corrected chi connectivity index (χ2v) is 4.42. The predicted molar refractivity (Wildman–Crippen MR) is 45.0 cm³/mol. The van der Waals surface area contributed by atoms with Crippen LogP contribution in [0.25, 0.3) is 0 Å². The molecular formula is C9H13NO3. The Morgan fingerprint density at radius 3 is 2.62 bits per heavy atom. The van der Waals surface area contributed by atoms with Crippen molar-refractivity contribution in [1.29, 1.82) is 0 Å². The Kier molecular flexibility index (Phi) is 1.47. The zero-order valence-corrected chi connectivity index (χ0v) is 7.78. The number of amides is 1. The van der Waals surface area contributed by atoms with Crippen LogP contribution >= 0.6 is 0 Å². The van der Waals surface area contributed by atoms with Gasteiger partial charge in [0.25, 0.3) is 0 Å². The first kappa shape index (κ1) is 8.53. The molecule has 2 atom stereocenters. The van der Waals surface area contributed by atoms with Crippen LogP contribution in [0.5, 0.6) is 0 Å². The number of fused-ring (bicyclic) bond motifs is 1. The van der Waals surface area contributed by atoms with Crippen molar-refractivity contribution in [3.63, 3.8) is 0 Å². The lowest BCUT2D eigenvalue weighted by Crippen LogP contribution is -2.51. The van der Waals surface area contributed by atoms with E-state index in [2.05, 4.69) is 0 Å². The lowest BCUT2D eigenvalue weighted by molar-refractivity contribution is -0.155. The van der Waals surface area contributed by atoms with E-state index in [0.717, 1.165) is 6.42 Å². The first-order valence-electron chi connectivity index (χ1n) is 4.49. The van der Waals surface area contributed by atoms with E-state index < -0.39 is 11.5 Å². The van der Waals surface area contributed by atoms with E-state index in [0.29, 0.717) is 12.5 Å². The van der Waals surface area contributed by atoms with Gasteiger partial charge in [-0.25, -0.2) is 4.79 Å².